The van der Waals surface area contributed by atoms with Crippen LogP contribution >= 0.6 is 0 Å². The largest absolute Gasteiger partial charge is 0.396 e. The van der Waals surface area contributed by atoms with Gasteiger partial charge in [0.2, 0.25) is 0 Å². The second kappa shape index (κ2) is 7.43. The Hall–Kier alpha value is -0.860. The fourth-order valence-electron chi connectivity index (χ4n) is 1.58. The van der Waals surface area contributed by atoms with E-state index in [1.807, 2.05) is 0 Å². The van der Waals surface area contributed by atoms with Gasteiger partial charge in [-0.05, 0) is 36.8 Å². The summed E-state index contributed by atoms with van der Waals surface area (Å²) in [6.07, 6.45) is 3.97. The topological polar surface area (TPSA) is 29.5 Å². The molecular formula is C13H20O2. The first-order valence-electron chi connectivity index (χ1n) is 5.54. The number of methoxy groups -OCH3 is 1. The molecule has 0 heterocycles. The molecule has 2 nitrogen and oxygen atoms in total. The molecule has 2 heteroatoms. The minimum absolute atomic E-state index is 0.273. The lowest BCUT2D eigenvalue weighted by Gasteiger charge is -2.03. The fourth-order valence-corrected chi connectivity index (χ4v) is 1.58. The summed E-state index contributed by atoms with van der Waals surface area (Å²) in [5.74, 6) is 0. The van der Waals surface area contributed by atoms with E-state index < -0.39 is 0 Å². The highest BCUT2D eigenvalue weighted by Gasteiger charge is 1.95. The van der Waals surface area contributed by atoms with E-state index in [9.17, 15) is 0 Å². The molecule has 0 fully saturated rings. The van der Waals surface area contributed by atoms with Crippen LogP contribution in [0.15, 0.2) is 24.3 Å². The summed E-state index contributed by atoms with van der Waals surface area (Å²) < 4.78 is 5.01. The highest BCUT2D eigenvalue weighted by atomic mass is 16.5. The number of aliphatic hydroxyl groups excluding tert-OH is 1. The Labute approximate surface area is 91.9 Å². The summed E-state index contributed by atoms with van der Waals surface area (Å²) in [4.78, 5) is 0. The third-order valence-corrected chi connectivity index (χ3v) is 2.46. The molecule has 84 valence electrons. The van der Waals surface area contributed by atoms with Crippen molar-refractivity contribution < 1.29 is 9.84 Å². The first-order valence-corrected chi connectivity index (χ1v) is 5.54. The molecule has 0 spiro atoms. The highest BCUT2D eigenvalue weighted by Crippen LogP contribution is 2.08. The van der Waals surface area contributed by atoms with Gasteiger partial charge in [-0.2, -0.15) is 0 Å². The van der Waals surface area contributed by atoms with Gasteiger partial charge in [0.15, 0.2) is 0 Å². The third kappa shape index (κ3) is 4.96. The summed E-state index contributed by atoms with van der Waals surface area (Å²) in [7, 11) is 1.73. The lowest BCUT2D eigenvalue weighted by atomic mass is 10.0. The van der Waals surface area contributed by atoms with Gasteiger partial charge >= 0.3 is 0 Å². The average molecular weight is 208 g/mol. The lowest BCUT2D eigenvalue weighted by molar-refractivity contribution is 0.195. The van der Waals surface area contributed by atoms with E-state index in [1.165, 1.54) is 11.1 Å². The van der Waals surface area contributed by atoms with Crippen LogP contribution < -0.4 is 0 Å². The summed E-state index contributed by atoms with van der Waals surface area (Å²) in [6.45, 7) is 1.10. The normalized spacial score (nSPS) is 10.5. The molecule has 0 unspecified atom stereocenters. The molecule has 1 aromatic carbocycles. The molecule has 0 saturated carbocycles. The Bertz CT molecular complexity index is 254. The highest BCUT2D eigenvalue weighted by molar-refractivity contribution is 5.22. The van der Waals surface area contributed by atoms with E-state index in [1.54, 1.807) is 7.11 Å². The average Bonchev–Trinajstić information content (AvgIpc) is 2.28. The Balaban J connectivity index is 2.35. The van der Waals surface area contributed by atoms with Gasteiger partial charge in [0.1, 0.15) is 0 Å². The van der Waals surface area contributed by atoms with Crippen molar-refractivity contribution in [1.82, 2.24) is 0 Å². The molecular weight excluding hydrogens is 188 g/mol. The second-order valence-corrected chi connectivity index (χ2v) is 3.74. The van der Waals surface area contributed by atoms with E-state index in [4.69, 9.17) is 9.84 Å². The van der Waals surface area contributed by atoms with Gasteiger partial charge in [-0.1, -0.05) is 24.3 Å². The number of hydrogen-bond donors (Lipinski definition) is 1. The predicted molar refractivity (Wildman–Crippen MR) is 62.0 cm³/mol. The van der Waals surface area contributed by atoms with Gasteiger partial charge < -0.3 is 9.84 Å². The summed E-state index contributed by atoms with van der Waals surface area (Å²) >= 11 is 0. The molecule has 0 atom stereocenters. The van der Waals surface area contributed by atoms with Crippen molar-refractivity contribution in [3.8, 4) is 0 Å². The van der Waals surface area contributed by atoms with Gasteiger partial charge in [0.25, 0.3) is 0 Å². The zero-order chi connectivity index (χ0) is 10.9. The molecule has 0 aliphatic heterocycles. The maximum Gasteiger partial charge on any atom is 0.0465 e. The summed E-state index contributed by atoms with van der Waals surface area (Å²) in [6, 6.07) is 8.64. The summed E-state index contributed by atoms with van der Waals surface area (Å²) in [5, 5.41) is 8.71. The zero-order valence-electron chi connectivity index (χ0n) is 9.41. The molecule has 0 radical (unpaired) electrons. The Morgan fingerprint density at radius 1 is 1.00 bits per heavy atom. The fraction of sp³-hybridized carbons (Fsp3) is 0.538. The van der Waals surface area contributed by atoms with Gasteiger partial charge in [-0.3, -0.25) is 0 Å². The molecule has 0 aromatic heterocycles. The lowest BCUT2D eigenvalue weighted by Crippen LogP contribution is -1.94. The smallest absolute Gasteiger partial charge is 0.0465 e. The van der Waals surface area contributed by atoms with Crippen LogP contribution in [0.4, 0.5) is 0 Å². The number of aliphatic hydroxyl groups is 1. The Kier molecular flexibility index (Phi) is 6.05. The van der Waals surface area contributed by atoms with Crippen molar-refractivity contribution in [1.29, 1.82) is 0 Å². The molecule has 1 aromatic rings. The molecule has 0 saturated heterocycles. The Morgan fingerprint density at radius 3 is 2.00 bits per heavy atom. The maximum atomic E-state index is 8.71. The summed E-state index contributed by atoms with van der Waals surface area (Å²) in [5.41, 5.74) is 2.67. The minimum atomic E-state index is 0.273. The predicted octanol–water partition coefficient (Wildman–Crippen LogP) is 2.19. The van der Waals surface area contributed by atoms with Crippen molar-refractivity contribution in [3.63, 3.8) is 0 Å². The standard InChI is InChI=1S/C13H20O2/c1-15-11-3-5-13-8-6-12(7-9-13)4-2-10-14/h6-9,14H,2-5,10-11H2,1H3. The first kappa shape index (κ1) is 12.2. The SMILES string of the molecule is COCCCc1ccc(CCCO)cc1. The van der Waals surface area contributed by atoms with Crippen LogP contribution in [0.2, 0.25) is 0 Å². The molecule has 1 N–H and O–H groups in total. The minimum Gasteiger partial charge on any atom is -0.396 e. The Morgan fingerprint density at radius 2 is 1.53 bits per heavy atom. The van der Waals surface area contributed by atoms with Gasteiger partial charge in [-0.15, -0.1) is 0 Å². The van der Waals surface area contributed by atoms with E-state index in [0.717, 1.165) is 32.3 Å². The van der Waals surface area contributed by atoms with Crippen molar-refractivity contribution >= 4 is 0 Å². The third-order valence-electron chi connectivity index (χ3n) is 2.46. The molecule has 0 bridgehead atoms. The maximum absolute atomic E-state index is 8.71. The van der Waals surface area contributed by atoms with Crippen LogP contribution in [-0.2, 0) is 17.6 Å². The van der Waals surface area contributed by atoms with Gasteiger partial charge in [0.05, 0.1) is 0 Å². The quantitative estimate of drug-likeness (QED) is 0.696. The van der Waals surface area contributed by atoms with Crippen molar-refractivity contribution in [2.75, 3.05) is 20.3 Å². The van der Waals surface area contributed by atoms with Gasteiger partial charge in [0, 0.05) is 20.3 Å². The number of aryl methyl sites for hydroxylation is 2. The number of hydrogen-bond acceptors (Lipinski definition) is 2. The first-order chi connectivity index (χ1) is 7.36. The monoisotopic (exact) mass is 208 g/mol. The van der Waals surface area contributed by atoms with Crippen LogP contribution in [0.5, 0.6) is 0 Å². The van der Waals surface area contributed by atoms with E-state index in [2.05, 4.69) is 24.3 Å². The van der Waals surface area contributed by atoms with Crippen molar-refractivity contribution in [2.24, 2.45) is 0 Å². The van der Waals surface area contributed by atoms with Crippen LogP contribution in [-0.4, -0.2) is 25.4 Å². The van der Waals surface area contributed by atoms with Crippen LogP contribution in [0.25, 0.3) is 0 Å². The number of rotatable bonds is 7. The molecule has 15 heavy (non-hydrogen) atoms. The van der Waals surface area contributed by atoms with Gasteiger partial charge in [-0.25, -0.2) is 0 Å². The van der Waals surface area contributed by atoms with Crippen molar-refractivity contribution in [2.45, 2.75) is 25.7 Å². The van der Waals surface area contributed by atoms with E-state index in [-0.39, 0.29) is 6.61 Å². The van der Waals surface area contributed by atoms with Crippen molar-refractivity contribution in [3.05, 3.63) is 35.4 Å². The van der Waals surface area contributed by atoms with Crippen LogP contribution in [0.3, 0.4) is 0 Å². The van der Waals surface area contributed by atoms with E-state index >= 15 is 0 Å². The molecule has 0 aliphatic carbocycles. The second-order valence-electron chi connectivity index (χ2n) is 3.74. The zero-order valence-corrected chi connectivity index (χ0v) is 9.41. The molecule has 0 aliphatic rings. The molecule has 0 amide bonds. The van der Waals surface area contributed by atoms with E-state index in [0.29, 0.717) is 0 Å². The van der Waals surface area contributed by atoms with Crippen LogP contribution in [0, 0.1) is 0 Å². The number of benzene rings is 1. The van der Waals surface area contributed by atoms with Crippen LogP contribution in [0.1, 0.15) is 24.0 Å². The number of ether oxygens (including phenoxy) is 1. The molecule has 1 rings (SSSR count).